The number of nitrogens with one attached hydrogen (secondary N) is 1. The average Bonchev–Trinajstić information content (AvgIpc) is 2.79. The first-order valence-electron chi connectivity index (χ1n) is 9.74. The third-order valence-electron chi connectivity index (χ3n) is 4.47. The van der Waals surface area contributed by atoms with Crippen LogP contribution in [0.2, 0.25) is 0 Å². The Hall–Kier alpha value is -3.86. The van der Waals surface area contributed by atoms with Gasteiger partial charge in [0.2, 0.25) is 5.91 Å². The average molecular weight is 492 g/mol. The van der Waals surface area contributed by atoms with Gasteiger partial charge in [0.15, 0.2) is 0 Å². The van der Waals surface area contributed by atoms with E-state index in [9.17, 15) is 26.4 Å². The molecule has 0 bridgehead atoms. The molecule has 0 heterocycles. The molecule has 7 nitrogen and oxygen atoms in total. The molecule has 0 aliphatic heterocycles. The Morgan fingerprint density at radius 3 is 2.29 bits per heavy atom. The van der Waals surface area contributed by atoms with Crippen molar-refractivity contribution in [1.29, 1.82) is 0 Å². The first-order valence-corrected chi connectivity index (χ1v) is 11.1. The quantitative estimate of drug-likeness (QED) is 0.289. The number of carbonyl (C=O) groups excluding carboxylic acids is 1. The van der Waals surface area contributed by atoms with Gasteiger partial charge in [-0.15, -0.1) is 0 Å². The Morgan fingerprint density at radius 1 is 1.00 bits per heavy atom. The number of benzene rings is 3. The van der Waals surface area contributed by atoms with Crippen molar-refractivity contribution in [2.45, 2.75) is 17.5 Å². The van der Waals surface area contributed by atoms with Gasteiger partial charge < -0.3 is 8.92 Å². The van der Waals surface area contributed by atoms with Crippen LogP contribution in [0.1, 0.15) is 16.7 Å². The first-order chi connectivity index (χ1) is 16.1. The number of carbonyl (C=O) groups is 1. The number of methoxy groups -OCH3 is 1. The van der Waals surface area contributed by atoms with E-state index in [2.05, 4.69) is 10.5 Å². The third-order valence-corrected chi connectivity index (χ3v) is 5.79. The second kappa shape index (κ2) is 10.4. The molecule has 0 radical (unpaired) electrons. The maximum Gasteiger partial charge on any atom is 0.416 e. The molecule has 1 N–H and O–H groups in total. The van der Waals surface area contributed by atoms with Crippen molar-refractivity contribution in [3.8, 4) is 11.5 Å². The van der Waals surface area contributed by atoms with Crippen molar-refractivity contribution in [3.05, 3.63) is 89.5 Å². The molecule has 0 atom stereocenters. The molecule has 0 aliphatic carbocycles. The lowest BCUT2D eigenvalue weighted by Gasteiger charge is -2.12. The number of hydrogen-bond donors (Lipinski definition) is 1. The summed E-state index contributed by atoms with van der Waals surface area (Å²) in [6.07, 6.45) is -3.96. The van der Waals surface area contributed by atoms with E-state index in [0.717, 1.165) is 12.3 Å². The predicted molar refractivity (Wildman–Crippen MR) is 118 cm³/mol. The van der Waals surface area contributed by atoms with Gasteiger partial charge in [-0.1, -0.05) is 30.3 Å². The van der Waals surface area contributed by atoms with Crippen LogP contribution in [0.5, 0.6) is 11.5 Å². The standard InChI is InChI=1S/C23H19F3N2O5S/c1-32-19-10-7-16(8-11-19)13-22(29)28-27-15-17-14-18(23(24,25)26)9-12-21(17)34(30,31)33-20-5-3-2-4-6-20/h2-12,14-15H,13H2,1H3,(H,28,29). The van der Waals surface area contributed by atoms with E-state index in [1.165, 1.54) is 19.2 Å². The molecule has 0 aromatic heterocycles. The number of hydrazone groups is 1. The second-order valence-electron chi connectivity index (χ2n) is 6.92. The van der Waals surface area contributed by atoms with E-state index in [1.54, 1.807) is 42.5 Å². The predicted octanol–water partition coefficient (Wildman–Crippen LogP) is 4.17. The summed E-state index contributed by atoms with van der Waals surface area (Å²) < 4.78 is 75.0. The van der Waals surface area contributed by atoms with E-state index in [-0.39, 0.29) is 12.2 Å². The normalized spacial score (nSPS) is 11.9. The third kappa shape index (κ3) is 6.58. The molecule has 1 amide bonds. The number of nitrogens with zero attached hydrogens (tertiary/aromatic N) is 1. The Bertz CT molecular complexity index is 1280. The van der Waals surface area contributed by atoms with Gasteiger partial charge in [0, 0.05) is 5.56 Å². The molecule has 3 aromatic rings. The molecule has 3 aromatic carbocycles. The minimum atomic E-state index is -4.72. The molecule has 0 saturated carbocycles. The summed E-state index contributed by atoms with van der Waals surface area (Å²) in [5.74, 6) is 0.0367. The Labute approximate surface area is 194 Å². The van der Waals surface area contributed by atoms with E-state index in [0.29, 0.717) is 23.4 Å². The molecule has 0 aliphatic rings. The summed E-state index contributed by atoms with van der Waals surface area (Å²) in [5.41, 5.74) is 1.33. The van der Waals surface area contributed by atoms with Crippen LogP contribution >= 0.6 is 0 Å². The molecule has 0 unspecified atom stereocenters. The minimum absolute atomic E-state index is 0.0157. The monoisotopic (exact) mass is 492 g/mol. The van der Waals surface area contributed by atoms with Gasteiger partial charge in [-0.2, -0.15) is 26.7 Å². The van der Waals surface area contributed by atoms with Crippen LogP contribution < -0.4 is 14.3 Å². The van der Waals surface area contributed by atoms with Crippen molar-refractivity contribution in [1.82, 2.24) is 5.43 Å². The fourth-order valence-electron chi connectivity index (χ4n) is 2.84. The Balaban J connectivity index is 1.82. The van der Waals surface area contributed by atoms with Crippen molar-refractivity contribution in [2.24, 2.45) is 5.10 Å². The highest BCUT2D eigenvalue weighted by atomic mass is 32.2. The zero-order valence-electron chi connectivity index (χ0n) is 17.7. The van der Waals surface area contributed by atoms with Crippen molar-refractivity contribution in [2.75, 3.05) is 7.11 Å². The van der Waals surface area contributed by atoms with Gasteiger partial charge in [-0.3, -0.25) is 4.79 Å². The smallest absolute Gasteiger partial charge is 0.416 e. The zero-order chi connectivity index (χ0) is 24.8. The SMILES string of the molecule is COc1ccc(CC(=O)NN=Cc2cc(C(F)(F)F)ccc2S(=O)(=O)Oc2ccccc2)cc1. The first kappa shape index (κ1) is 24.8. The molecule has 11 heteroatoms. The van der Waals surface area contributed by atoms with E-state index in [1.807, 2.05) is 0 Å². The van der Waals surface area contributed by atoms with Crippen LogP contribution in [0.4, 0.5) is 13.2 Å². The maximum absolute atomic E-state index is 13.2. The molecule has 0 fully saturated rings. The highest BCUT2D eigenvalue weighted by Gasteiger charge is 2.32. The number of para-hydroxylation sites is 1. The van der Waals surface area contributed by atoms with Gasteiger partial charge in [-0.25, -0.2) is 5.43 Å². The molecule has 0 saturated heterocycles. The topological polar surface area (TPSA) is 94.1 Å². The summed E-state index contributed by atoms with van der Waals surface area (Å²) in [5, 5.41) is 3.64. The van der Waals surface area contributed by atoms with Crippen molar-refractivity contribution >= 4 is 22.2 Å². The zero-order valence-corrected chi connectivity index (χ0v) is 18.6. The summed E-state index contributed by atoms with van der Waals surface area (Å²) in [6.45, 7) is 0. The fourth-order valence-corrected chi connectivity index (χ4v) is 3.93. The van der Waals surface area contributed by atoms with Gasteiger partial charge in [0.05, 0.1) is 25.3 Å². The van der Waals surface area contributed by atoms with Gasteiger partial charge in [-0.05, 0) is 48.0 Å². The number of halogens is 3. The highest BCUT2D eigenvalue weighted by molar-refractivity contribution is 7.87. The van der Waals surface area contributed by atoms with E-state index in [4.69, 9.17) is 8.92 Å². The maximum atomic E-state index is 13.2. The minimum Gasteiger partial charge on any atom is -0.497 e. The van der Waals surface area contributed by atoms with Crippen LogP contribution in [0.25, 0.3) is 0 Å². The Kier molecular flexibility index (Phi) is 7.57. The van der Waals surface area contributed by atoms with E-state index < -0.39 is 38.2 Å². The number of rotatable bonds is 8. The number of ether oxygens (including phenoxy) is 1. The molecule has 0 spiro atoms. The van der Waals surface area contributed by atoms with Gasteiger partial charge in [0.1, 0.15) is 16.4 Å². The molecular formula is C23H19F3N2O5S. The summed E-state index contributed by atoms with van der Waals surface area (Å²) in [4.78, 5) is 11.6. The van der Waals surface area contributed by atoms with Crippen LogP contribution in [0.15, 0.2) is 82.8 Å². The van der Waals surface area contributed by atoms with Gasteiger partial charge >= 0.3 is 16.3 Å². The number of hydrogen-bond acceptors (Lipinski definition) is 6. The Morgan fingerprint density at radius 2 is 1.68 bits per heavy atom. The summed E-state index contributed by atoms with van der Waals surface area (Å²) in [7, 11) is -2.99. The number of alkyl halides is 3. The largest absolute Gasteiger partial charge is 0.497 e. The lowest BCUT2D eigenvalue weighted by atomic mass is 10.1. The van der Waals surface area contributed by atoms with Crippen LogP contribution in [-0.2, 0) is 27.5 Å². The summed E-state index contributed by atoms with van der Waals surface area (Å²) >= 11 is 0. The van der Waals surface area contributed by atoms with Gasteiger partial charge in [0.25, 0.3) is 0 Å². The molecule has 34 heavy (non-hydrogen) atoms. The molecule has 3 rings (SSSR count). The molecule has 178 valence electrons. The van der Waals surface area contributed by atoms with Crippen LogP contribution in [-0.4, -0.2) is 27.6 Å². The fraction of sp³-hybridized carbons (Fsp3) is 0.130. The van der Waals surface area contributed by atoms with Crippen LogP contribution in [0.3, 0.4) is 0 Å². The van der Waals surface area contributed by atoms with Crippen LogP contribution in [0, 0.1) is 0 Å². The lowest BCUT2D eigenvalue weighted by Crippen LogP contribution is -2.20. The molecular weight excluding hydrogens is 473 g/mol. The highest BCUT2D eigenvalue weighted by Crippen LogP contribution is 2.32. The summed E-state index contributed by atoms with van der Waals surface area (Å²) in [6, 6.07) is 16.2. The van der Waals surface area contributed by atoms with E-state index >= 15 is 0 Å². The number of amides is 1. The second-order valence-corrected chi connectivity index (χ2v) is 8.43. The van der Waals surface area contributed by atoms with Crippen molar-refractivity contribution < 1.29 is 35.3 Å². The lowest BCUT2D eigenvalue weighted by molar-refractivity contribution is -0.137. The van der Waals surface area contributed by atoms with Crippen molar-refractivity contribution in [3.63, 3.8) is 0 Å².